The van der Waals surface area contributed by atoms with Crippen LogP contribution in [0.1, 0.15) is 23.0 Å². The average Bonchev–Trinajstić information content (AvgIpc) is 2.87. The summed E-state index contributed by atoms with van der Waals surface area (Å²) in [5.41, 5.74) is -1.31. The number of rotatable bonds is 3. The van der Waals surface area contributed by atoms with Crippen LogP contribution in [0.4, 0.5) is 19.1 Å². The van der Waals surface area contributed by atoms with Crippen molar-refractivity contribution < 1.29 is 32.0 Å². The normalized spacial score (nSPS) is 11.1. The Kier molecular flexibility index (Phi) is 4.15. The molecule has 0 bridgehead atoms. The molecule has 0 aliphatic carbocycles. The van der Waals surface area contributed by atoms with Gasteiger partial charge >= 0.3 is 12.1 Å². The number of aromatic nitrogens is 1. The quantitative estimate of drug-likeness (QED) is 0.696. The molecule has 2 aromatic rings. The Bertz CT molecular complexity index is 709. The molecule has 6 nitrogen and oxygen atoms in total. The van der Waals surface area contributed by atoms with E-state index in [2.05, 4.69) is 15.0 Å². The molecule has 0 spiro atoms. The van der Waals surface area contributed by atoms with Gasteiger partial charge in [0.05, 0.1) is 5.56 Å². The van der Waals surface area contributed by atoms with Gasteiger partial charge in [-0.15, -0.1) is 0 Å². The van der Waals surface area contributed by atoms with E-state index in [1.807, 2.05) is 0 Å². The van der Waals surface area contributed by atoms with E-state index in [4.69, 9.17) is 4.74 Å². The lowest BCUT2D eigenvalue weighted by Crippen LogP contribution is -2.14. The number of anilines is 1. The van der Waals surface area contributed by atoms with Crippen LogP contribution in [0.25, 0.3) is 0 Å². The standard InChI is InChI=1S/C13H9F3N2O4/c1-7(19)21-9-5-3-2-4-8(9)12(20)17-11-6-10(18-22-11)13(14,15)16/h2-6H,1H3,(H,17,20). The Morgan fingerprint density at radius 3 is 2.55 bits per heavy atom. The van der Waals surface area contributed by atoms with Gasteiger partial charge in [-0.05, 0) is 12.1 Å². The minimum Gasteiger partial charge on any atom is -0.426 e. The number of halogens is 3. The van der Waals surface area contributed by atoms with E-state index in [0.29, 0.717) is 6.07 Å². The molecule has 2 rings (SSSR count). The van der Waals surface area contributed by atoms with E-state index < -0.39 is 29.6 Å². The van der Waals surface area contributed by atoms with Crippen LogP contribution in [0.2, 0.25) is 0 Å². The topological polar surface area (TPSA) is 81.4 Å². The zero-order valence-electron chi connectivity index (χ0n) is 11.1. The molecular formula is C13H9F3N2O4. The van der Waals surface area contributed by atoms with Crippen LogP contribution in [-0.4, -0.2) is 17.0 Å². The molecule has 0 atom stereocenters. The molecule has 0 aliphatic rings. The lowest BCUT2D eigenvalue weighted by molar-refractivity contribution is -0.142. The molecule has 1 aromatic carbocycles. The molecule has 0 saturated heterocycles. The van der Waals surface area contributed by atoms with Crippen molar-refractivity contribution in [2.75, 3.05) is 5.32 Å². The minimum atomic E-state index is -4.68. The summed E-state index contributed by atoms with van der Waals surface area (Å²) in [6.07, 6.45) is -4.68. The van der Waals surface area contributed by atoms with Crippen molar-refractivity contribution >= 4 is 17.8 Å². The zero-order chi connectivity index (χ0) is 16.3. The number of hydrogen-bond donors (Lipinski definition) is 1. The highest BCUT2D eigenvalue weighted by molar-refractivity contribution is 6.05. The predicted molar refractivity (Wildman–Crippen MR) is 67.2 cm³/mol. The maximum atomic E-state index is 12.4. The van der Waals surface area contributed by atoms with Gasteiger partial charge in [0.25, 0.3) is 5.91 Å². The number of esters is 1. The van der Waals surface area contributed by atoms with Gasteiger partial charge in [-0.2, -0.15) is 13.2 Å². The lowest BCUT2D eigenvalue weighted by atomic mass is 10.2. The first-order valence-electron chi connectivity index (χ1n) is 5.90. The first kappa shape index (κ1) is 15.5. The summed E-state index contributed by atoms with van der Waals surface area (Å²) >= 11 is 0. The van der Waals surface area contributed by atoms with Gasteiger partial charge in [-0.1, -0.05) is 17.3 Å². The molecule has 0 saturated carbocycles. The number of hydrogen-bond acceptors (Lipinski definition) is 5. The number of para-hydroxylation sites is 1. The Morgan fingerprint density at radius 1 is 1.27 bits per heavy atom. The van der Waals surface area contributed by atoms with Crippen molar-refractivity contribution in [3.63, 3.8) is 0 Å². The Balaban J connectivity index is 2.19. The number of nitrogens with one attached hydrogen (secondary N) is 1. The molecule has 1 N–H and O–H groups in total. The van der Waals surface area contributed by atoms with Gasteiger partial charge in [0.1, 0.15) is 5.75 Å². The third kappa shape index (κ3) is 3.62. The number of benzene rings is 1. The summed E-state index contributed by atoms with van der Waals surface area (Å²) < 4.78 is 46.4. The van der Waals surface area contributed by atoms with Crippen molar-refractivity contribution in [1.29, 1.82) is 0 Å². The fourth-order valence-corrected chi connectivity index (χ4v) is 1.55. The largest absolute Gasteiger partial charge is 0.436 e. The van der Waals surface area contributed by atoms with E-state index in [0.717, 1.165) is 6.92 Å². The first-order chi connectivity index (χ1) is 10.3. The second-order valence-corrected chi connectivity index (χ2v) is 4.12. The third-order valence-corrected chi connectivity index (χ3v) is 2.42. The van der Waals surface area contributed by atoms with Crippen molar-refractivity contribution in [2.24, 2.45) is 0 Å². The van der Waals surface area contributed by atoms with Crippen LogP contribution in [-0.2, 0) is 11.0 Å². The van der Waals surface area contributed by atoms with E-state index in [-0.39, 0.29) is 11.3 Å². The Hall–Kier alpha value is -2.84. The van der Waals surface area contributed by atoms with Crippen LogP contribution in [0.15, 0.2) is 34.9 Å². The average molecular weight is 314 g/mol. The fourth-order valence-electron chi connectivity index (χ4n) is 1.55. The smallest absolute Gasteiger partial charge is 0.426 e. The number of ether oxygens (including phenoxy) is 1. The van der Waals surface area contributed by atoms with Gasteiger partial charge < -0.3 is 9.26 Å². The van der Waals surface area contributed by atoms with E-state index in [1.165, 1.54) is 24.3 Å². The maximum absolute atomic E-state index is 12.4. The SMILES string of the molecule is CC(=O)Oc1ccccc1C(=O)Nc1cc(C(F)(F)F)no1. The van der Waals surface area contributed by atoms with Crippen LogP contribution >= 0.6 is 0 Å². The van der Waals surface area contributed by atoms with Crippen molar-refractivity contribution in [2.45, 2.75) is 13.1 Å². The van der Waals surface area contributed by atoms with Crippen LogP contribution in [0, 0.1) is 0 Å². The number of alkyl halides is 3. The fraction of sp³-hybridized carbons (Fsp3) is 0.154. The van der Waals surface area contributed by atoms with Crippen LogP contribution < -0.4 is 10.1 Å². The highest BCUT2D eigenvalue weighted by Crippen LogP contribution is 2.30. The summed E-state index contributed by atoms with van der Waals surface area (Å²) in [5.74, 6) is -1.95. The summed E-state index contributed by atoms with van der Waals surface area (Å²) in [6.45, 7) is 1.15. The third-order valence-electron chi connectivity index (χ3n) is 2.42. The van der Waals surface area contributed by atoms with E-state index >= 15 is 0 Å². The zero-order valence-corrected chi connectivity index (χ0v) is 11.1. The number of amides is 1. The molecule has 1 aromatic heterocycles. The van der Waals surface area contributed by atoms with E-state index in [9.17, 15) is 22.8 Å². The monoisotopic (exact) mass is 314 g/mol. The summed E-state index contributed by atoms with van der Waals surface area (Å²) in [6, 6.07) is 6.30. The molecule has 0 radical (unpaired) electrons. The summed E-state index contributed by atoms with van der Waals surface area (Å²) in [4.78, 5) is 23.0. The van der Waals surface area contributed by atoms with E-state index in [1.54, 1.807) is 0 Å². The molecule has 9 heteroatoms. The van der Waals surface area contributed by atoms with Gasteiger partial charge in [0.15, 0.2) is 5.69 Å². The highest BCUT2D eigenvalue weighted by atomic mass is 19.4. The Morgan fingerprint density at radius 2 is 1.95 bits per heavy atom. The van der Waals surface area contributed by atoms with Crippen LogP contribution in [0.5, 0.6) is 5.75 Å². The second kappa shape index (κ2) is 5.88. The minimum absolute atomic E-state index is 0.0249. The molecule has 0 aliphatic heterocycles. The van der Waals surface area contributed by atoms with Crippen molar-refractivity contribution in [1.82, 2.24) is 5.16 Å². The van der Waals surface area contributed by atoms with Gasteiger partial charge in [0.2, 0.25) is 5.88 Å². The summed E-state index contributed by atoms with van der Waals surface area (Å²) in [7, 11) is 0. The first-order valence-corrected chi connectivity index (χ1v) is 5.90. The second-order valence-electron chi connectivity index (χ2n) is 4.12. The molecule has 22 heavy (non-hydrogen) atoms. The summed E-state index contributed by atoms with van der Waals surface area (Å²) in [5, 5.41) is 4.91. The molecule has 116 valence electrons. The molecular weight excluding hydrogens is 305 g/mol. The van der Waals surface area contributed by atoms with Gasteiger partial charge in [-0.25, -0.2) is 0 Å². The molecule has 1 amide bonds. The maximum Gasteiger partial charge on any atom is 0.436 e. The number of nitrogens with zero attached hydrogens (tertiary/aromatic N) is 1. The number of carbonyl (C=O) groups excluding carboxylic acids is 2. The van der Waals surface area contributed by atoms with Gasteiger partial charge in [0, 0.05) is 13.0 Å². The predicted octanol–water partition coefficient (Wildman–Crippen LogP) is 2.87. The lowest BCUT2D eigenvalue weighted by Gasteiger charge is -2.07. The number of carbonyl (C=O) groups is 2. The van der Waals surface area contributed by atoms with Gasteiger partial charge in [-0.3, -0.25) is 14.9 Å². The van der Waals surface area contributed by atoms with Crippen molar-refractivity contribution in [3.8, 4) is 5.75 Å². The molecule has 1 heterocycles. The van der Waals surface area contributed by atoms with Crippen LogP contribution in [0.3, 0.4) is 0 Å². The highest BCUT2D eigenvalue weighted by Gasteiger charge is 2.35. The Labute approximate surface area is 121 Å². The molecule has 0 unspecified atom stereocenters. The molecule has 0 fully saturated rings. The van der Waals surface area contributed by atoms with Crippen molar-refractivity contribution in [3.05, 3.63) is 41.6 Å².